The Bertz CT molecular complexity index is 1040. The zero-order valence-electron chi connectivity index (χ0n) is 13.9. The van der Waals surface area contributed by atoms with Gasteiger partial charge in [-0.25, -0.2) is 26.8 Å². The molecular weight excluding hydrogens is 400 g/mol. The van der Waals surface area contributed by atoms with E-state index in [2.05, 4.69) is 9.46 Å². The Balaban J connectivity index is 2.11. The highest BCUT2D eigenvalue weighted by Gasteiger charge is 2.18. The van der Waals surface area contributed by atoms with Gasteiger partial charge in [-0.1, -0.05) is 6.07 Å². The third-order valence-corrected chi connectivity index (χ3v) is 4.53. The Morgan fingerprint density at radius 2 is 1.75 bits per heavy atom. The fourth-order valence-electron chi connectivity index (χ4n) is 1.96. The molecule has 3 amide bonds. The van der Waals surface area contributed by atoms with E-state index in [4.69, 9.17) is 5.73 Å². The number of imide groups is 1. The van der Waals surface area contributed by atoms with Crippen molar-refractivity contribution < 1.29 is 36.3 Å². The van der Waals surface area contributed by atoms with Gasteiger partial charge in [-0.05, 0) is 36.4 Å². The van der Waals surface area contributed by atoms with E-state index in [1.165, 1.54) is 18.2 Å². The predicted molar refractivity (Wildman–Crippen MR) is 91.6 cm³/mol. The zero-order chi connectivity index (χ0) is 20.9. The molecule has 0 atom stereocenters. The number of primary amides is 1. The van der Waals surface area contributed by atoms with Crippen LogP contribution in [-0.4, -0.2) is 32.9 Å². The van der Waals surface area contributed by atoms with Gasteiger partial charge in [-0.3, -0.25) is 14.8 Å². The average Bonchev–Trinajstić information content (AvgIpc) is 2.61. The molecule has 148 valence electrons. The van der Waals surface area contributed by atoms with Crippen LogP contribution in [0.15, 0.2) is 47.4 Å². The van der Waals surface area contributed by atoms with Crippen molar-refractivity contribution in [3.8, 4) is 0 Å². The molecule has 0 aliphatic rings. The van der Waals surface area contributed by atoms with E-state index < -0.39 is 51.1 Å². The lowest BCUT2D eigenvalue weighted by Gasteiger charge is -2.10. The lowest BCUT2D eigenvalue weighted by Crippen LogP contribution is -2.37. The number of nitrogens with two attached hydrogens (primary N) is 1. The largest absolute Gasteiger partial charge is 0.452 e. The van der Waals surface area contributed by atoms with Crippen LogP contribution in [0.1, 0.15) is 10.4 Å². The first-order chi connectivity index (χ1) is 13.1. The summed E-state index contributed by atoms with van der Waals surface area (Å²) in [6, 6.07) is 5.93. The summed E-state index contributed by atoms with van der Waals surface area (Å²) in [6.07, 6.45) is 0. The lowest BCUT2D eigenvalue weighted by molar-refractivity contribution is -0.123. The Morgan fingerprint density at radius 3 is 2.39 bits per heavy atom. The third-order valence-electron chi connectivity index (χ3n) is 3.15. The first kappa shape index (κ1) is 20.8. The molecule has 0 aromatic heterocycles. The minimum Gasteiger partial charge on any atom is -0.452 e. The van der Waals surface area contributed by atoms with Crippen molar-refractivity contribution in [1.29, 1.82) is 0 Å². The number of anilines is 1. The summed E-state index contributed by atoms with van der Waals surface area (Å²) in [5.74, 6) is -4.47. The van der Waals surface area contributed by atoms with Crippen molar-refractivity contribution in [2.45, 2.75) is 4.90 Å². The van der Waals surface area contributed by atoms with Crippen LogP contribution < -0.4 is 15.8 Å². The van der Waals surface area contributed by atoms with Crippen molar-refractivity contribution in [2.24, 2.45) is 5.73 Å². The number of amides is 3. The molecule has 0 aliphatic heterocycles. The van der Waals surface area contributed by atoms with Crippen LogP contribution in [0.3, 0.4) is 0 Å². The molecule has 0 unspecified atom stereocenters. The van der Waals surface area contributed by atoms with Gasteiger partial charge in [0, 0.05) is 5.69 Å². The molecule has 0 aliphatic carbocycles. The van der Waals surface area contributed by atoms with Crippen molar-refractivity contribution in [3.05, 3.63) is 59.7 Å². The molecule has 0 fully saturated rings. The molecule has 0 heterocycles. The standard InChI is InChI=1S/C16H13F2N3O6S/c17-12-5-4-11(7-13(12)18)28(25,26)21-10-3-1-2-9(6-10)15(23)27-8-14(22)20-16(19)24/h1-7,21H,8H2,(H3,19,20,22,24). The van der Waals surface area contributed by atoms with Gasteiger partial charge in [-0.2, -0.15) is 0 Å². The highest BCUT2D eigenvalue weighted by molar-refractivity contribution is 7.92. The second-order valence-electron chi connectivity index (χ2n) is 5.25. The molecule has 0 spiro atoms. The van der Waals surface area contributed by atoms with Crippen LogP contribution in [0.5, 0.6) is 0 Å². The molecule has 28 heavy (non-hydrogen) atoms. The number of rotatable bonds is 6. The topological polar surface area (TPSA) is 145 Å². The zero-order valence-corrected chi connectivity index (χ0v) is 14.8. The second-order valence-corrected chi connectivity index (χ2v) is 6.93. The minimum atomic E-state index is -4.26. The fraction of sp³-hybridized carbons (Fsp3) is 0.0625. The Kier molecular flexibility index (Phi) is 6.26. The highest BCUT2D eigenvalue weighted by Crippen LogP contribution is 2.19. The van der Waals surface area contributed by atoms with Gasteiger partial charge in [0.15, 0.2) is 18.2 Å². The summed E-state index contributed by atoms with van der Waals surface area (Å²) in [7, 11) is -4.26. The van der Waals surface area contributed by atoms with Crippen LogP contribution in [0.4, 0.5) is 19.3 Å². The average molecular weight is 413 g/mol. The van der Waals surface area contributed by atoms with Gasteiger partial charge in [-0.15, -0.1) is 0 Å². The van der Waals surface area contributed by atoms with E-state index in [1.54, 1.807) is 5.32 Å². The van der Waals surface area contributed by atoms with Crippen LogP contribution in [0.2, 0.25) is 0 Å². The molecule has 2 aromatic rings. The number of nitrogens with one attached hydrogen (secondary N) is 2. The molecule has 0 saturated carbocycles. The molecule has 2 aromatic carbocycles. The van der Waals surface area contributed by atoms with Gasteiger partial charge in [0.25, 0.3) is 15.9 Å². The summed E-state index contributed by atoms with van der Waals surface area (Å²) in [4.78, 5) is 33.1. The Morgan fingerprint density at radius 1 is 1.04 bits per heavy atom. The molecule has 0 saturated heterocycles. The number of ether oxygens (including phenoxy) is 1. The molecule has 9 nitrogen and oxygen atoms in total. The predicted octanol–water partition coefficient (Wildman–Crippen LogP) is 1.12. The fourth-order valence-corrected chi connectivity index (χ4v) is 3.02. The number of hydrogen-bond acceptors (Lipinski definition) is 6. The summed E-state index contributed by atoms with van der Waals surface area (Å²) in [6.45, 7) is -0.785. The third kappa shape index (κ3) is 5.48. The van der Waals surface area contributed by atoms with E-state index in [-0.39, 0.29) is 11.3 Å². The monoisotopic (exact) mass is 413 g/mol. The number of carbonyl (C=O) groups excluding carboxylic acids is 3. The molecule has 4 N–H and O–H groups in total. The normalized spacial score (nSPS) is 10.8. The van der Waals surface area contributed by atoms with E-state index >= 15 is 0 Å². The van der Waals surface area contributed by atoms with E-state index in [0.717, 1.165) is 12.1 Å². The van der Waals surface area contributed by atoms with Gasteiger partial charge in [0.1, 0.15) is 0 Å². The second kappa shape index (κ2) is 8.43. The maximum absolute atomic E-state index is 13.3. The Labute approximate surface area is 157 Å². The molecule has 12 heteroatoms. The van der Waals surface area contributed by atoms with Crippen molar-refractivity contribution >= 4 is 33.6 Å². The number of carbonyl (C=O) groups is 3. The number of benzene rings is 2. The first-order valence-corrected chi connectivity index (χ1v) is 8.91. The molecule has 0 radical (unpaired) electrons. The van der Waals surface area contributed by atoms with Crippen molar-refractivity contribution in [3.63, 3.8) is 0 Å². The number of hydrogen-bond donors (Lipinski definition) is 3. The number of esters is 1. The van der Waals surface area contributed by atoms with Gasteiger partial charge >= 0.3 is 12.0 Å². The van der Waals surface area contributed by atoms with Crippen LogP contribution >= 0.6 is 0 Å². The maximum atomic E-state index is 13.3. The SMILES string of the molecule is NC(=O)NC(=O)COC(=O)c1cccc(NS(=O)(=O)c2ccc(F)c(F)c2)c1. The maximum Gasteiger partial charge on any atom is 0.338 e. The summed E-state index contributed by atoms with van der Waals surface area (Å²) >= 11 is 0. The van der Waals surface area contributed by atoms with Crippen molar-refractivity contribution in [2.75, 3.05) is 11.3 Å². The van der Waals surface area contributed by atoms with Gasteiger partial charge in [0.2, 0.25) is 0 Å². The van der Waals surface area contributed by atoms with E-state index in [9.17, 15) is 31.6 Å². The smallest absolute Gasteiger partial charge is 0.338 e. The molecule has 2 rings (SSSR count). The number of urea groups is 1. The first-order valence-electron chi connectivity index (χ1n) is 7.43. The number of sulfonamides is 1. The quantitative estimate of drug-likeness (QED) is 0.605. The van der Waals surface area contributed by atoms with E-state index in [0.29, 0.717) is 12.1 Å². The Hall–Kier alpha value is -3.54. The minimum absolute atomic E-state index is 0.0687. The molecule has 0 bridgehead atoms. The van der Waals surface area contributed by atoms with Crippen LogP contribution in [0.25, 0.3) is 0 Å². The van der Waals surface area contributed by atoms with Gasteiger partial charge in [0.05, 0.1) is 10.5 Å². The highest BCUT2D eigenvalue weighted by atomic mass is 32.2. The van der Waals surface area contributed by atoms with Gasteiger partial charge < -0.3 is 10.5 Å². The lowest BCUT2D eigenvalue weighted by atomic mass is 10.2. The number of halogens is 2. The van der Waals surface area contributed by atoms with Crippen molar-refractivity contribution in [1.82, 2.24) is 5.32 Å². The summed E-state index contributed by atoms with van der Waals surface area (Å²) < 4.78 is 57.5. The summed E-state index contributed by atoms with van der Waals surface area (Å²) in [5, 5.41) is 1.69. The summed E-state index contributed by atoms with van der Waals surface area (Å²) in [5.41, 5.74) is 4.55. The van der Waals surface area contributed by atoms with E-state index in [1.807, 2.05) is 0 Å². The molecular formula is C16H13F2N3O6S. The van der Waals surface area contributed by atoms with Crippen LogP contribution in [0, 0.1) is 11.6 Å². The van der Waals surface area contributed by atoms with Crippen LogP contribution in [-0.2, 0) is 19.6 Å².